The van der Waals surface area contributed by atoms with Gasteiger partial charge in [0.05, 0.1) is 21.1 Å². The third-order valence-corrected chi connectivity index (χ3v) is 3.70. The second-order valence-electron chi connectivity index (χ2n) is 4.71. The largest absolute Gasteiger partial charge is 0.478 e. The molecule has 1 aromatic carbocycles. The van der Waals surface area contributed by atoms with Crippen molar-refractivity contribution < 1.29 is 9.90 Å². The van der Waals surface area contributed by atoms with E-state index in [0.29, 0.717) is 26.5 Å². The van der Waals surface area contributed by atoms with E-state index in [4.69, 9.17) is 23.2 Å². The number of carboxylic acid groups (broad SMARTS) is 1. The topological polar surface area (TPSA) is 50.2 Å². The molecule has 19 heavy (non-hydrogen) atoms. The molecule has 5 heteroatoms. The van der Waals surface area contributed by atoms with Crippen molar-refractivity contribution >= 4 is 40.1 Å². The quantitative estimate of drug-likeness (QED) is 0.876. The number of hydrogen-bond donors (Lipinski definition) is 1. The van der Waals surface area contributed by atoms with E-state index >= 15 is 0 Å². The van der Waals surface area contributed by atoms with Crippen molar-refractivity contribution in [1.29, 1.82) is 0 Å². The SMILES string of the molecule is Cc1c(C(C)C)nc2c(Cl)ccc(Cl)c2c1C(=O)O. The van der Waals surface area contributed by atoms with Crippen LogP contribution in [0.2, 0.25) is 10.0 Å². The monoisotopic (exact) mass is 297 g/mol. The molecule has 1 aromatic heterocycles. The van der Waals surface area contributed by atoms with E-state index < -0.39 is 5.97 Å². The molecule has 0 spiro atoms. The number of benzene rings is 1. The van der Waals surface area contributed by atoms with Crippen molar-refractivity contribution in [1.82, 2.24) is 4.98 Å². The maximum atomic E-state index is 11.5. The summed E-state index contributed by atoms with van der Waals surface area (Å²) in [6, 6.07) is 3.22. The molecule has 2 rings (SSSR count). The number of pyridine rings is 1. The van der Waals surface area contributed by atoms with Crippen molar-refractivity contribution in [3.05, 3.63) is 39.0 Å². The predicted molar refractivity (Wildman–Crippen MR) is 77.5 cm³/mol. The van der Waals surface area contributed by atoms with Crippen LogP contribution in [0.3, 0.4) is 0 Å². The second kappa shape index (κ2) is 4.99. The molecule has 0 aliphatic rings. The number of nitrogens with zero attached hydrogens (tertiary/aromatic N) is 1. The lowest BCUT2D eigenvalue weighted by molar-refractivity contribution is 0.0698. The van der Waals surface area contributed by atoms with Crippen LogP contribution in [0.25, 0.3) is 10.9 Å². The Hall–Kier alpha value is -1.32. The zero-order valence-corrected chi connectivity index (χ0v) is 12.3. The molecule has 100 valence electrons. The Balaban J connectivity index is 3.05. The molecule has 0 amide bonds. The van der Waals surface area contributed by atoms with E-state index in [-0.39, 0.29) is 11.5 Å². The predicted octanol–water partition coefficient (Wildman–Crippen LogP) is 4.67. The van der Waals surface area contributed by atoms with Gasteiger partial charge in [-0.1, -0.05) is 37.0 Å². The van der Waals surface area contributed by atoms with Gasteiger partial charge < -0.3 is 5.11 Å². The fourth-order valence-electron chi connectivity index (χ4n) is 2.24. The summed E-state index contributed by atoms with van der Waals surface area (Å²) in [7, 11) is 0. The molecular formula is C14H13Cl2NO2. The van der Waals surface area contributed by atoms with E-state index in [0.717, 1.165) is 5.69 Å². The summed E-state index contributed by atoms with van der Waals surface area (Å²) in [6.45, 7) is 5.68. The number of carboxylic acids is 1. The van der Waals surface area contributed by atoms with E-state index in [9.17, 15) is 9.90 Å². The van der Waals surface area contributed by atoms with Crippen LogP contribution in [0.5, 0.6) is 0 Å². The zero-order chi connectivity index (χ0) is 14.3. The first-order valence-corrected chi connectivity index (χ1v) is 6.61. The van der Waals surface area contributed by atoms with Gasteiger partial charge >= 0.3 is 5.97 Å². The lowest BCUT2D eigenvalue weighted by Gasteiger charge is -2.15. The van der Waals surface area contributed by atoms with Crippen LogP contribution < -0.4 is 0 Å². The van der Waals surface area contributed by atoms with Crippen LogP contribution >= 0.6 is 23.2 Å². The van der Waals surface area contributed by atoms with E-state index in [1.807, 2.05) is 13.8 Å². The minimum absolute atomic E-state index is 0.109. The standard InChI is InChI=1S/C14H13Cl2NO2/c1-6(2)12-7(3)10(14(18)19)11-8(15)4-5-9(16)13(11)17-12/h4-6H,1-3H3,(H,18,19). The minimum Gasteiger partial charge on any atom is -0.478 e. The smallest absolute Gasteiger partial charge is 0.336 e. The summed E-state index contributed by atoms with van der Waals surface area (Å²) < 4.78 is 0. The first kappa shape index (κ1) is 14.1. The molecule has 1 N–H and O–H groups in total. The maximum Gasteiger partial charge on any atom is 0.336 e. The van der Waals surface area contributed by atoms with Crippen molar-refractivity contribution in [2.24, 2.45) is 0 Å². The normalized spacial score (nSPS) is 11.3. The molecule has 1 heterocycles. The second-order valence-corrected chi connectivity index (χ2v) is 5.52. The van der Waals surface area contributed by atoms with E-state index in [1.54, 1.807) is 19.1 Å². The summed E-state index contributed by atoms with van der Waals surface area (Å²) in [6.07, 6.45) is 0. The highest BCUT2D eigenvalue weighted by atomic mass is 35.5. The number of fused-ring (bicyclic) bond motifs is 1. The lowest BCUT2D eigenvalue weighted by atomic mass is 9.96. The van der Waals surface area contributed by atoms with Crippen molar-refractivity contribution in [3.8, 4) is 0 Å². The van der Waals surface area contributed by atoms with Gasteiger partial charge in [0, 0.05) is 11.1 Å². The van der Waals surface area contributed by atoms with Crippen LogP contribution in [0.1, 0.15) is 41.4 Å². The highest BCUT2D eigenvalue weighted by Crippen LogP contribution is 2.35. The number of aromatic nitrogens is 1. The maximum absolute atomic E-state index is 11.5. The molecule has 0 unspecified atom stereocenters. The average molecular weight is 298 g/mol. The van der Waals surface area contributed by atoms with Gasteiger partial charge in [0.15, 0.2) is 0 Å². The number of rotatable bonds is 2. The van der Waals surface area contributed by atoms with Crippen LogP contribution in [0, 0.1) is 6.92 Å². The molecule has 0 bridgehead atoms. The van der Waals surface area contributed by atoms with Gasteiger partial charge in [-0.2, -0.15) is 0 Å². The molecule has 0 fully saturated rings. The van der Waals surface area contributed by atoms with Gasteiger partial charge in [-0.15, -0.1) is 0 Å². The summed E-state index contributed by atoms with van der Waals surface area (Å²) in [5.74, 6) is -0.909. The number of hydrogen-bond acceptors (Lipinski definition) is 2. The summed E-state index contributed by atoms with van der Waals surface area (Å²) in [4.78, 5) is 16.0. The first-order valence-electron chi connectivity index (χ1n) is 5.86. The Morgan fingerprint density at radius 1 is 1.26 bits per heavy atom. The van der Waals surface area contributed by atoms with Crippen LogP contribution in [0.15, 0.2) is 12.1 Å². The Morgan fingerprint density at radius 3 is 2.37 bits per heavy atom. The Morgan fingerprint density at radius 2 is 1.84 bits per heavy atom. The molecule has 2 aromatic rings. The summed E-state index contributed by atoms with van der Waals surface area (Å²) in [5.41, 5.74) is 2.00. The van der Waals surface area contributed by atoms with Crippen LogP contribution in [-0.2, 0) is 0 Å². The Kier molecular flexibility index (Phi) is 3.70. The van der Waals surface area contributed by atoms with E-state index in [2.05, 4.69) is 4.98 Å². The summed E-state index contributed by atoms with van der Waals surface area (Å²) in [5, 5.41) is 10.6. The molecule has 0 saturated heterocycles. The third kappa shape index (κ3) is 2.28. The highest BCUT2D eigenvalue weighted by Gasteiger charge is 2.21. The van der Waals surface area contributed by atoms with Crippen molar-refractivity contribution in [3.63, 3.8) is 0 Å². The number of aromatic carboxylic acids is 1. The van der Waals surface area contributed by atoms with Gasteiger partial charge in [0.25, 0.3) is 0 Å². The highest BCUT2D eigenvalue weighted by molar-refractivity contribution is 6.41. The Labute approximate surface area is 121 Å². The fourth-order valence-corrected chi connectivity index (χ4v) is 2.68. The molecular weight excluding hydrogens is 285 g/mol. The Bertz CT molecular complexity index is 681. The minimum atomic E-state index is -1.02. The number of halogens is 2. The summed E-state index contributed by atoms with van der Waals surface area (Å²) >= 11 is 12.2. The van der Waals surface area contributed by atoms with Crippen molar-refractivity contribution in [2.45, 2.75) is 26.7 Å². The molecule has 0 saturated carbocycles. The lowest BCUT2D eigenvalue weighted by Crippen LogP contribution is -2.08. The molecule has 0 atom stereocenters. The molecule has 0 aliphatic carbocycles. The van der Waals surface area contributed by atoms with Gasteiger partial charge in [0.2, 0.25) is 0 Å². The van der Waals surface area contributed by atoms with Gasteiger partial charge in [0.1, 0.15) is 0 Å². The third-order valence-electron chi connectivity index (χ3n) is 3.08. The number of carbonyl (C=O) groups is 1. The molecule has 0 aliphatic heterocycles. The fraction of sp³-hybridized carbons (Fsp3) is 0.286. The van der Waals surface area contributed by atoms with Crippen molar-refractivity contribution in [2.75, 3.05) is 0 Å². The molecule has 0 radical (unpaired) electrons. The van der Waals surface area contributed by atoms with Gasteiger partial charge in [-0.05, 0) is 30.5 Å². The van der Waals surface area contributed by atoms with Gasteiger partial charge in [-0.25, -0.2) is 4.79 Å². The van der Waals surface area contributed by atoms with Crippen LogP contribution in [-0.4, -0.2) is 16.1 Å². The van der Waals surface area contributed by atoms with Crippen LogP contribution in [0.4, 0.5) is 0 Å². The van der Waals surface area contributed by atoms with E-state index in [1.165, 1.54) is 0 Å². The first-order chi connectivity index (χ1) is 8.84. The van der Waals surface area contributed by atoms with Gasteiger partial charge in [-0.3, -0.25) is 4.98 Å². The average Bonchev–Trinajstić information content (AvgIpc) is 2.32. The zero-order valence-electron chi connectivity index (χ0n) is 10.8. The molecule has 3 nitrogen and oxygen atoms in total.